The van der Waals surface area contributed by atoms with Gasteiger partial charge in [-0.3, -0.25) is 14.5 Å². The highest BCUT2D eigenvalue weighted by Crippen LogP contribution is 2.20. The molecule has 114 valence electrons. The Kier molecular flexibility index (Phi) is 5.45. The largest absolute Gasteiger partial charge is 0.370 e. The highest BCUT2D eigenvalue weighted by Gasteiger charge is 2.09. The summed E-state index contributed by atoms with van der Waals surface area (Å²) in [5.74, 6) is 2.15. The fourth-order valence-electron chi connectivity index (χ4n) is 1.85. The Hall–Kier alpha value is -1.74. The van der Waals surface area contributed by atoms with Crippen molar-refractivity contribution in [3.63, 3.8) is 0 Å². The van der Waals surface area contributed by atoms with E-state index in [1.807, 2.05) is 18.5 Å². The van der Waals surface area contributed by atoms with Gasteiger partial charge in [-0.05, 0) is 6.92 Å². The molecule has 0 amide bonds. The zero-order valence-electron chi connectivity index (χ0n) is 11.8. The molecule has 0 aromatic carbocycles. The monoisotopic (exact) mass is 327 g/mol. The van der Waals surface area contributed by atoms with Crippen molar-refractivity contribution in [3.8, 4) is 0 Å². The Balaban J connectivity index is 1.78. The second-order valence-corrected chi connectivity index (χ2v) is 6.24. The van der Waals surface area contributed by atoms with E-state index < -0.39 is 4.92 Å². The fourth-order valence-corrected chi connectivity index (χ4v) is 3.56. The van der Waals surface area contributed by atoms with Crippen LogP contribution in [-0.4, -0.2) is 33.7 Å². The van der Waals surface area contributed by atoms with Crippen molar-refractivity contribution in [1.29, 1.82) is 0 Å². The zero-order valence-corrected chi connectivity index (χ0v) is 13.5. The topological polar surface area (TPSA) is 84.5 Å². The fraction of sp³-hybridized carbons (Fsp3) is 0.417. The number of nitrogens with zero attached hydrogens (tertiary/aromatic N) is 3. The van der Waals surface area contributed by atoms with E-state index in [0.29, 0.717) is 12.4 Å². The molecule has 0 atom stereocenters. The van der Waals surface area contributed by atoms with Gasteiger partial charge in [-0.2, -0.15) is 11.8 Å². The van der Waals surface area contributed by atoms with Gasteiger partial charge in [0.25, 0.3) is 6.20 Å². The minimum atomic E-state index is -0.477. The van der Waals surface area contributed by atoms with Gasteiger partial charge >= 0.3 is 0 Å². The van der Waals surface area contributed by atoms with Gasteiger partial charge in [0.15, 0.2) is 10.8 Å². The molecule has 0 unspecified atom stereocenters. The molecule has 2 aromatic rings. The van der Waals surface area contributed by atoms with Crippen molar-refractivity contribution in [1.82, 2.24) is 20.0 Å². The molecule has 0 fully saturated rings. The minimum absolute atomic E-state index is 0.418. The summed E-state index contributed by atoms with van der Waals surface area (Å²) in [6.07, 6.45) is 2.97. The standard InChI is InChI=1S/C12H17N5O2S2/c1-9-10(16-4-6-21-12(16)15-9)8-20-5-3-14-11(13-2)7-17(18)19/h4,6-7,13-14H,3,5,8H2,1-2H3/b11-7+. The van der Waals surface area contributed by atoms with Crippen molar-refractivity contribution in [2.24, 2.45) is 0 Å². The van der Waals surface area contributed by atoms with Crippen LogP contribution in [0.15, 0.2) is 23.6 Å². The van der Waals surface area contributed by atoms with E-state index in [-0.39, 0.29) is 0 Å². The number of aromatic nitrogens is 2. The Morgan fingerprint density at radius 3 is 3.19 bits per heavy atom. The lowest BCUT2D eigenvalue weighted by Crippen LogP contribution is -2.26. The van der Waals surface area contributed by atoms with Crippen LogP contribution in [0.3, 0.4) is 0 Å². The predicted octanol–water partition coefficient (Wildman–Crippen LogP) is 1.82. The number of nitrogens with one attached hydrogen (secondary N) is 2. The normalized spacial score (nSPS) is 11.8. The maximum absolute atomic E-state index is 10.4. The molecule has 9 heteroatoms. The molecule has 2 N–H and O–H groups in total. The number of thioether (sulfide) groups is 1. The Morgan fingerprint density at radius 1 is 1.67 bits per heavy atom. The number of imidazole rings is 1. The van der Waals surface area contributed by atoms with Crippen LogP contribution in [0.4, 0.5) is 0 Å². The molecule has 7 nitrogen and oxygen atoms in total. The van der Waals surface area contributed by atoms with Gasteiger partial charge in [0, 0.05) is 36.7 Å². The molecular weight excluding hydrogens is 310 g/mol. The summed E-state index contributed by atoms with van der Waals surface area (Å²) in [5, 5.41) is 18.2. The van der Waals surface area contributed by atoms with Crippen LogP contribution >= 0.6 is 23.1 Å². The Morgan fingerprint density at radius 2 is 2.48 bits per heavy atom. The van der Waals surface area contributed by atoms with Crippen LogP contribution in [-0.2, 0) is 5.75 Å². The molecule has 0 saturated carbocycles. The van der Waals surface area contributed by atoms with E-state index in [2.05, 4.69) is 20.0 Å². The highest BCUT2D eigenvalue weighted by molar-refractivity contribution is 7.98. The number of aryl methyl sites for hydroxylation is 1. The van der Waals surface area contributed by atoms with Gasteiger partial charge in [-0.25, -0.2) is 4.98 Å². The third-order valence-electron chi connectivity index (χ3n) is 2.87. The first-order valence-corrected chi connectivity index (χ1v) is 8.41. The summed E-state index contributed by atoms with van der Waals surface area (Å²) in [5.41, 5.74) is 2.28. The van der Waals surface area contributed by atoms with Crippen LogP contribution in [0, 0.1) is 17.0 Å². The van der Waals surface area contributed by atoms with Gasteiger partial charge < -0.3 is 10.6 Å². The van der Waals surface area contributed by atoms with E-state index >= 15 is 0 Å². The summed E-state index contributed by atoms with van der Waals surface area (Å²) >= 11 is 3.40. The molecule has 0 radical (unpaired) electrons. The van der Waals surface area contributed by atoms with Gasteiger partial charge in [0.1, 0.15) is 0 Å². The maximum Gasteiger partial charge on any atom is 0.274 e. The number of rotatable bonds is 8. The summed E-state index contributed by atoms with van der Waals surface area (Å²) in [6, 6.07) is 0. The maximum atomic E-state index is 10.4. The van der Waals surface area contributed by atoms with Crippen molar-refractivity contribution in [3.05, 3.63) is 45.1 Å². The lowest BCUT2D eigenvalue weighted by Gasteiger charge is -2.07. The molecule has 0 spiro atoms. The first-order valence-electron chi connectivity index (χ1n) is 6.37. The van der Waals surface area contributed by atoms with E-state index in [0.717, 1.165) is 28.4 Å². The van der Waals surface area contributed by atoms with Crippen LogP contribution in [0.25, 0.3) is 4.96 Å². The number of hydrogen-bond donors (Lipinski definition) is 2. The molecule has 2 aromatic heterocycles. The number of nitro groups is 1. The van der Waals surface area contributed by atoms with E-state index in [4.69, 9.17) is 0 Å². The number of hydrogen-bond acceptors (Lipinski definition) is 7. The van der Waals surface area contributed by atoms with Gasteiger partial charge in [0.05, 0.1) is 16.3 Å². The average Bonchev–Trinajstić information content (AvgIpc) is 2.98. The predicted molar refractivity (Wildman–Crippen MR) is 86.1 cm³/mol. The second-order valence-electron chi connectivity index (χ2n) is 4.26. The van der Waals surface area contributed by atoms with Crippen LogP contribution in [0.1, 0.15) is 11.4 Å². The molecule has 0 aliphatic rings. The summed E-state index contributed by atoms with van der Waals surface area (Å²) in [4.78, 5) is 15.4. The molecule has 0 aliphatic heterocycles. The van der Waals surface area contributed by atoms with Crippen LogP contribution < -0.4 is 10.6 Å². The first-order chi connectivity index (χ1) is 10.1. The molecule has 2 rings (SSSR count). The van der Waals surface area contributed by atoms with Crippen molar-refractivity contribution in [2.45, 2.75) is 12.7 Å². The van der Waals surface area contributed by atoms with Crippen LogP contribution in [0.5, 0.6) is 0 Å². The molecule has 0 saturated heterocycles. The van der Waals surface area contributed by atoms with E-state index in [1.54, 1.807) is 30.1 Å². The van der Waals surface area contributed by atoms with E-state index in [1.165, 1.54) is 5.69 Å². The van der Waals surface area contributed by atoms with Gasteiger partial charge in [-0.1, -0.05) is 0 Å². The summed E-state index contributed by atoms with van der Waals surface area (Å²) < 4.78 is 2.12. The van der Waals surface area contributed by atoms with Crippen molar-refractivity contribution >= 4 is 28.1 Å². The lowest BCUT2D eigenvalue weighted by molar-refractivity contribution is -0.404. The minimum Gasteiger partial charge on any atom is -0.370 e. The van der Waals surface area contributed by atoms with Gasteiger partial charge in [-0.15, -0.1) is 11.3 Å². The summed E-state index contributed by atoms with van der Waals surface area (Å²) in [6.45, 7) is 2.68. The SMILES string of the molecule is CN/C(=C\[N+](=O)[O-])NCCSCc1c(C)nc2sccn12. The summed E-state index contributed by atoms with van der Waals surface area (Å²) in [7, 11) is 1.65. The second kappa shape index (κ2) is 7.32. The zero-order chi connectivity index (χ0) is 15.2. The van der Waals surface area contributed by atoms with Gasteiger partial charge in [0.2, 0.25) is 0 Å². The van der Waals surface area contributed by atoms with Crippen molar-refractivity contribution in [2.75, 3.05) is 19.3 Å². The molecule has 21 heavy (non-hydrogen) atoms. The van der Waals surface area contributed by atoms with E-state index in [9.17, 15) is 10.1 Å². The lowest BCUT2D eigenvalue weighted by atomic mass is 10.4. The third kappa shape index (κ3) is 4.11. The number of fused-ring (bicyclic) bond motifs is 1. The molecule has 0 bridgehead atoms. The number of thiazole rings is 1. The molecule has 2 heterocycles. The first kappa shape index (κ1) is 15.6. The Labute approximate surface area is 130 Å². The van der Waals surface area contributed by atoms with Crippen molar-refractivity contribution < 1.29 is 4.92 Å². The molecular formula is C12H17N5O2S2. The smallest absolute Gasteiger partial charge is 0.274 e. The van der Waals surface area contributed by atoms with Crippen LogP contribution in [0.2, 0.25) is 0 Å². The average molecular weight is 327 g/mol. The third-order valence-corrected chi connectivity index (χ3v) is 4.59. The quantitative estimate of drug-likeness (QED) is 0.437. The highest BCUT2D eigenvalue weighted by atomic mass is 32.2. The Bertz CT molecular complexity index is 649. The molecule has 0 aliphatic carbocycles.